The van der Waals surface area contributed by atoms with E-state index in [1.54, 1.807) is 12.3 Å². The first-order valence-electron chi connectivity index (χ1n) is 7.12. The van der Waals surface area contributed by atoms with E-state index < -0.39 is 0 Å². The van der Waals surface area contributed by atoms with E-state index in [2.05, 4.69) is 15.2 Å². The fraction of sp³-hybridized carbons (Fsp3) is 0.400. The molecule has 1 N–H and O–H groups in total. The van der Waals surface area contributed by atoms with Crippen LogP contribution in [0, 0.1) is 16.0 Å². The largest absolute Gasteiger partial charge is 0.371 e. The fourth-order valence-electron chi connectivity index (χ4n) is 3.07. The molecule has 1 unspecified atom stereocenters. The lowest BCUT2D eigenvalue weighted by molar-refractivity contribution is -0.383. The van der Waals surface area contributed by atoms with E-state index in [4.69, 9.17) is 0 Å². The summed E-state index contributed by atoms with van der Waals surface area (Å²) in [5.41, 5.74) is 1.58. The summed E-state index contributed by atoms with van der Waals surface area (Å²) in [6.07, 6.45) is 2.74. The summed E-state index contributed by atoms with van der Waals surface area (Å²) >= 11 is 0. The van der Waals surface area contributed by atoms with Gasteiger partial charge in [0.05, 0.1) is 4.92 Å². The monoisotopic (exact) mass is 286 g/mol. The number of nitro groups is 1. The van der Waals surface area contributed by atoms with E-state index in [9.17, 15) is 10.1 Å². The minimum absolute atomic E-state index is 0.0697. The number of pyridine rings is 1. The molecule has 0 spiro atoms. The van der Waals surface area contributed by atoms with Gasteiger partial charge in [-0.2, -0.15) is 0 Å². The molecule has 1 aliphatic heterocycles. The molecule has 0 aliphatic carbocycles. The molecule has 1 aromatic carbocycles. The molecule has 1 saturated heterocycles. The van der Waals surface area contributed by atoms with Gasteiger partial charge in [0, 0.05) is 36.4 Å². The highest BCUT2D eigenvalue weighted by atomic mass is 16.6. The number of hydrogen-bond donors (Lipinski definition) is 1. The predicted octanol–water partition coefficient (Wildman–Crippen LogP) is 2.19. The summed E-state index contributed by atoms with van der Waals surface area (Å²) in [5.74, 6) is 0.622. The number of nitro benzene ring substituents is 1. The van der Waals surface area contributed by atoms with Crippen molar-refractivity contribution in [1.29, 1.82) is 0 Å². The van der Waals surface area contributed by atoms with Crippen molar-refractivity contribution in [3.63, 3.8) is 0 Å². The smallest absolute Gasteiger partial charge is 0.295 e. The van der Waals surface area contributed by atoms with Crippen molar-refractivity contribution in [2.45, 2.75) is 6.42 Å². The second-order valence-corrected chi connectivity index (χ2v) is 5.42. The topological polar surface area (TPSA) is 71.3 Å². The molecular weight excluding hydrogens is 268 g/mol. The van der Waals surface area contributed by atoms with Crippen LogP contribution in [-0.4, -0.2) is 36.6 Å². The first kappa shape index (κ1) is 13.8. The molecule has 1 fully saturated rings. The lowest BCUT2D eigenvalue weighted by atomic mass is 10.1. The van der Waals surface area contributed by atoms with E-state index in [0.717, 1.165) is 37.1 Å². The quantitative estimate of drug-likeness (QED) is 0.689. The van der Waals surface area contributed by atoms with Crippen LogP contribution in [0.3, 0.4) is 0 Å². The molecule has 6 nitrogen and oxygen atoms in total. The van der Waals surface area contributed by atoms with Gasteiger partial charge in [-0.3, -0.25) is 10.1 Å². The summed E-state index contributed by atoms with van der Waals surface area (Å²) in [6, 6.07) is 7.16. The normalized spacial score (nSPS) is 18.3. The van der Waals surface area contributed by atoms with Gasteiger partial charge in [-0.05, 0) is 44.1 Å². The van der Waals surface area contributed by atoms with Crippen molar-refractivity contribution in [2.75, 3.05) is 31.6 Å². The summed E-state index contributed by atoms with van der Waals surface area (Å²) in [6.45, 7) is 2.95. The Morgan fingerprint density at radius 3 is 3.10 bits per heavy atom. The number of nitrogens with zero attached hydrogens (tertiary/aromatic N) is 3. The van der Waals surface area contributed by atoms with Crippen LogP contribution in [0.5, 0.6) is 0 Å². The van der Waals surface area contributed by atoms with Gasteiger partial charge in [0.25, 0.3) is 5.69 Å². The zero-order valence-electron chi connectivity index (χ0n) is 12.0. The summed E-state index contributed by atoms with van der Waals surface area (Å²) in [5, 5.41) is 15.2. The molecule has 1 aromatic heterocycles. The van der Waals surface area contributed by atoms with Crippen molar-refractivity contribution in [3.8, 4) is 0 Å². The second kappa shape index (κ2) is 5.65. The van der Waals surface area contributed by atoms with Crippen molar-refractivity contribution >= 4 is 22.3 Å². The lowest BCUT2D eigenvalue weighted by Gasteiger charge is -2.20. The Labute approximate surface area is 122 Å². The molecule has 2 heterocycles. The van der Waals surface area contributed by atoms with Crippen LogP contribution >= 0.6 is 0 Å². The number of fused-ring (bicyclic) bond motifs is 1. The average Bonchev–Trinajstić information content (AvgIpc) is 2.94. The third-order valence-electron chi connectivity index (χ3n) is 4.04. The number of nitrogens with one attached hydrogen (secondary N) is 1. The van der Waals surface area contributed by atoms with Gasteiger partial charge < -0.3 is 10.2 Å². The molecule has 6 heteroatoms. The Morgan fingerprint density at radius 1 is 1.48 bits per heavy atom. The maximum absolute atomic E-state index is 11.1. The van der Waals surface area contributed by atoms with Gasteiger partial charge in [0.1, 0.15) is 5.52 Å². The fourth-order valence-corrected chi connectivity index (χ4v) is 3.07. The second-order valence-electron chi connectivity index (χ2n) is 5.42. The summed E-state index contributed by atoms with van der Waals surface area (Å²) < 4.78 is 0. The van der Waals surface area contributed by atoms with Gasteiger partial charge in [0.2, 0.25) is 0 Å². The van der Waals surface area contributed by atoms with Gasteiger partial charge in [-0.25, -0.2) is 4.98 Å². The molecule has 1 atom stereocenters. The Hall–Kier alpha value is -2.21. The molecule has 2 aromatic rings. The molecule has 3 rings (SSSR count). The first-order chi connectivity index (χ1) is 10.2. The number of anilines is 1. The lowest BCUT2D eigenvalue weighted by Crippen LogP contribution is -2.24. The summed E-state index contributed by atoms with van der Waals surface area (Å²) in [4.78, 5) is 17.3. The van der Waals surface area contributed by atoms with E-state index in [0.29, 0.717) is 11.4 Å². The molecule has 21 heavy (non-hydrogen) atoms. The van der Waals surface area contributed by atoms with Crippen LogP contribution in [0.1, 0.15) is 6.42 Å². The molecular formula is C15H18N4O2. The molecule has 0 saturated carbocycles. The van der Waals surface area contributed by atoms with Crippen molar-refractivity contribution < 1.29 is 4.92 Å². The van der Waals surface area contributed by atoms with Gasteiger partial charge in [0.15, 0.2) is 0 Å². The van der Waals surface area contributed by atoms with E-state index >= 15 is 0 Å². The van der Waals surface area contributed by atoms with Gasteiger partial charge in [-0.1, -0.05) is 0 Å². The summed E-state index contributed by atoms with van der Waals surface area (Å²) in [7, 11) is 1.97. The van der Waals surface area contributed by atoms with Crippen LogP contribution in [0.2, 0.25) is 0 Å². The number of non-ortho nitro benzene ring substituents is 1. The molecule has 1 aliphatic rings. The Bertz CT molecular complexity index is 674. The van der Waals surface area contributed by atoms with E-state index in [1.165, 1.54) is 0 Å². The maximum Gasteiger partial charge on any atom is 0.295 e. The van der Waals surface area contributed by atoms with Crippen molar-refractivity contribution in [1.82, 2.24) is 10.3 Å². The molecule has 0 amide bonds. The SMILES string of the molecule is CNCC1CCN(c2ccc([N+](=O)[O-])c3ncccc23)C1. The first-order valence-corrected chi connectivity index (χ1v) is 7.12. The predicted molar refractivity (Wildman–Crippen MR) is 82.6 cm³/mol. The minimum atomic E-state index is -0.368. The van der Waals surface area contributed by atoms with Gasteiger partial charge >= 0.3 is 0 Å². The number of aromatic nitrogens is 1. The number of hydrogen-bond acceptors (Lipinski definition) is 5. The standard InChI is InChI=1S/C15H18N4O2/c1-16-9-11-6-8-18(10-11)13-4-5-14(19(20)21)15-12(13)3-2-7-17-15/h2-5,7,11,16H,6,8-10H2,1H3. The molecule has 110 valence electrons. The third-order valence-corrected chi connectivity index (χ3v) is 4.04. The number of benzene rings is 1. The van der Waals surface area contributed by atoms with E-state index in [1.807, 2.05) is 25.2 Å². The van der Waals surface area contributed by atoms with Crippen molar-refractivity contribution in [3.05, 3.63) is 40.6 Å². The van der Waals surface area contributed by atoms with Gasteiger partial charge in [-0.15, -0.1) is 0 Å². The highest BCUT2D eigenvalue weighted by Gasteiger charge is 2.25. The maximum atomic E-state index is 11.1. The Kier molecular flexibility index (Phi) is 3.70. The number of rotatable bonds is 4. The van der Waals surface area contributed by atoms with Crippen LogP contribution in [-0.2, 0) is 0 Å². The average molecular weight is 286 g/mol. The Morgan fingerprint density at radius 2 is 2.33 bits per heavy atom. The van der Waals surface area contributed by atoms with Crippen LogP contribution < -0.4 is 10.2 Å². The van der Waals surface area contributed by atoms with Crippen molar-refractivity contribution in [2.24, 2.45) is 5.92 Å². The van der Waals surface area contributed by atoms with Crippen LogP contribution in [0.25, 0.3) is 10.9 Å². The zero-order chi connectivity index (χ0) is 14.8. The highest BCUT2D eigenvalue weighted by Crippen LogP contribution is 2.34. The molecule has 0 radical (unpaired) electrons. The molecule has 0 bridgehead atoms. The third kappa shape index (κ3) is 2.54. The minimum Gasteiger partial charge on any atom is -0.371 e. The Balaban J connectivity index is 2.01. The van der Waals surface area contributed by atoms with Crippen LogP contribution in [0.15, 0.2) is 30.5 Å². The van der Waals surface area contributed by atoms with E-state index in [-0.39, 0.29) is 10.6 Å². The zero-order valence-corrected chi connectivity index (χ0v) is 12.0. The highest BCUT2D eigenvalue weighted by molar-refractivity contribution is 5.97. The van der Waals surface area contributed by atoms with Crippen LogP contribution in [0.4, 0.5) is 11.4 Å².